The highest BCUT2D eigenvalue weighted by Crippen LogP contribution is 2.11. The molecule has 15 heavy (non-hydrogen) atoms. The Balaban J connectivity index is 4.16. The van der Waals surface area contributed by atoms with Crippen molar-refractivity contribution in [3.8, 4) is 0 Å². The quantitative estimate of drug-likeness (QED) is 0.327. The highest BCUT2D eigenvalue weighted by molar-refractivity contribution is 5.87. The van der Waals surface area contributed by atoms with Crippen LogP contribution in [0.2, 0.25) is 0 Å². The fraction of sp³-hybridized carbons (Fsp3) is 0.643. The van der Waals surface area contributed by atoms with Crippen LogP contribution in [-0.4, -0.2) is 5.78 Å². The molecule has 0 aliphatic carbocycles. The molecule has 0 aromatic carbocycles. The summed E-state index contributed by atoms with van der Waals surface area (Å²) in [5.74, 6) is 0.132. The minimum atomic E-state index is 0.132. The molecule has 0 aliphatic rings. The van der Waals surface area contributed by atoms with Crippen LogP contribution >= 0.6 is 0 Å². The van der Waals surface area contributed by atoms with Gasteiger partial charge in [-0.2, -0.15) is 0 Å². The second-order valence-corrected chi connectivity index (χ2v) is 3.97. The van der Waals surface area contributed by atoms with E-state index in [9.17, 15) is 4.79 Å². The lowest BCUT2D eigenvalue weighted by Crippen LogP contribution is -1.85. The summed E-state index contributed by atoms with van der Waals surface area (Å²) in [4.78, 5) is 10.8. The van der Waals surface area contributed by atoms with Crippen LogP contribution in [0.15, 0.2) is 23.8 Å². The van der Waals surface area contributed by atoms with Gasteiger partial charge >= 0.3 is 0 Å². The molecule has 0 spiro atoms. The van der Waals surface area contributed by atoms with E-state index in [-0.39, 0.29) is 5.78 Å². The molecule has 0 saturated carbocycles. The second-order valence-electron chi connectivity index (χ2n) is 3.97. The summed E-state index contributed by atoms with van der Waals surface area (Å²) < 4.78 is 0. The maximum atomic E-state index is 10.8. The van der Waals surface area contributed by atoms with Gasteiger partial charge in [-0.25, -0.2) is 0 Å². The predicted octanol–water partition coefficient (Wildman–Crippen LogP) is 4.44. The van der Waals surface area contributed by atoms with Gasteiger partial charge in [0.05, 0.1) is 0 Å². The van der Waals surface area contributed by atoms with Crippen LogP contribution in [0, 0.1) is 0 Å². The molecule has 0 atom stereocenters. The number of carbonyl (C=O) groups is 1. The number of unbranched alkanes of at least 4 members (excludes halogenated alkanes) is 3. The first kappa shape index (κ1) is 14.2. The van der Waals surface area contributed by atoms with Crippen molar-refractivity contribution in [2.75, 3.05) is 0 Å². The Bertz CT molecular complexity index is 223. The number of hydrogen-bond donors (Lipinski definition) is 0. The summed E-state index contributed by atoms with van der Waals surface area (Å²) in [6.45, 7) is 5.99. The average Bonchev–Trinajstić information content (AvgIpc) is 2.21. The van der Waals surface area contributed by atoms with Crippen LogP contribution in [0.1, 0.15) is 59.3 Å². The molecule has 0 aromatic rings. The molecule has 0 radical (unpaired) electrons. The maximum Gasteiger partial charge on any atom is 0.152 e. The normalized spacial score (nSPS) is 12.3. The Morgan fingerprint density at radius 2 is 1.73 bits per heavy atom. The number of carbonyl (C=O) groups excluding carboxylic acids is 1. The monoisotopic (exact) mass is 208 g/mol. The van der Waals surface area contributed by atoms with Gasteiger partial charge in [0, 0.05) is 0 Å². The fourth-order valence-electron chi connectivity index (χ4n) is 1.35. The largest absolute Gasteiger partial charge is 0.295 e. The molecule has 1 nitrogen and oxygen atoms in total. The summed E-state index contributed by atoms with van der Waals surface area (Å²) in [5, 5.41) is 0. The molecule has 86 valence electrons. The molecule has 0 saturated heterocycles. The number of rotatable bonds is 8. The van der Waals surface area contributed by atoms with Gasteiger partial charge in [0.2, 0.25) is 0 Å². The Hall–Kier alpha value is -0.850. The van der Waals surface area contributed by atoms with Crippen LogP contribution in [0.3, 0.4) is 0 Å². The average molecular weight is 208 g/mol. The van der Waals surface area contributed by atoms with E-state index in [1.54, 1.807) is 13.0 Å². The first-order valence-corrected chi connectivity index (χ1v) is 6.08. The molecule has 0 heterocycles. The van der Waals surface area contributed by atoms with Gasteiger partial charge in [-0.05, 0) is 32.3 Å². The Morgan fingerprint density at radius 1 is 1.07 bits per heavy atom. The van der Waals surface area contributed by atoms with Crippen LogP contribution in [0.5, 0.6) is 0 Å². The van der Waals surface area contributed by atoms with E-state index in [2.05, 4.69) is 19.9 Å². The first-order chi connectivity index (χ1) is 7.20. The molecule has 0 aliphatic heterocycles. The molecule has 0 fully saturated rings. The number of allylic oxidation sites excluding steroid dienone is 4. The molecule has 0 rings (SSSR count). The topological polar surface area (TPSA) is 17.1 Å². The van der Waals surface area contributed by atoms with Crippen molar-refractivity contribution in [1.82, 2.24) is 0 Å². The standard InChI is InChI=1S/C14H24O/c1-4-6-8-10-14(9-7-5-2)12-11-13(3)15/h10-12H,4-9H2,1-3H3/b12-11-,14-10-. The third-order valence-electron chi connectivity index (χ3n) is 2.32. The molecular formula is C14H24O. The van der Waals surface area contributed by atoms with Gasteiger partial charge in [0.15, 0.2) is 5.78 Å². The molecule has 0 bridgehead atoms. The smallest absolute Gasteiger partial charge is 0.152 e. The van der Waals surface area contributed by atoms with Gasteiger partial charge < -0.3 is 0 Å². The van der Waals surface area contributed by atoms with Gasteiger partial charge in [-0.3, -0.25) is 4.79 Å². The number of hydrogen-bond acceptors (Lipinski definition) is 1. The van der Waals surface area contributed by atoms with Crippen molar-refractivity contribution in [3.63, 3.8) is 0 Å². The van der Waals surface area contributed by atoms with Crippen molar-refractivity contribution < 1.29 is 4.79 Å². The van der Waals surface area contributed by atoms with Crippen LogP contribution in [0.25, 0.3) is 0 Å². The lowest BCUT2D eigenvalue weighted by Gasteiger charge is -2.00. The zero-order valence-electron chi connectivity index (χ0n) is 10.4. The van der Waals surface area contributed by atoms with Gasteiger partial charge in [-0.1, -0.05) is 50.8 Å². The number of ketones is 1. The van der Waals surface area contributed by atoms with Crippen molar-refractivity contribution in [1.29, 1.82) is 0 Å². The maximum absolute atomic E-state index is 10.8. The lowest BCUT2D eigenvalue weighted by molar-refractivity contribution is -0.112. The Morgan fingerprint density at radius 3 is 2.27 bits per heavy atom. The third kappa shape index (κ3) is 9.45. The van der Waals surface area contributed by atoms with Crippen LogP contribution in [-0.2, 0) is 4.79 Å². The summed E-state index contributed by atoms with van der Waals surface area (Å²) in [7, 11) is 0. The van der Waals surface area contributed by atoms with Crippen molar-refractivity contribution in [2.45, 2.75) is 59.3 Å². The molecule has 1 heteroatoms. The molecular weight excluding hydrogens is 184 g/mol. The Kier molecular flexibility index (Phi) is 9.15. The highest BCUT2D eigenvalue weighted by atomic mass is 16.1. The third-order valence-corrected chi connectivity index (χ3v) is 2.32. The van der Waals surface area contributed by atoms with Gasteiger partial charge in [0.25, 0.3) is 0 Å². The van der Waals surface area contributed by atoms with E-state index in [0.717, 1.165) is 12.8 Å². The zero-order valence-corrected chi connectivity index (χ0v) is 10.4. The molecule has 0 unspecified atom stereocenters. The second kappa shape index (κ2) is 9.70. The van der Waals surface area contributed by atoms with E-state index >= 15 is 0 Å². The van der Waals surface area contributed by atoms with E-state index in [4.69, 9.17) is 0 Å². The summed E-state index contributed by atoms with van der Waals surface area (Å²) >= 11 is 0. The molecule has 0 amide bonds. The van der Waals surface area contributed by atoms with Crippen molar-refractivity contribution in [3.05, 3.63) is 23.8 Å². The van der Waals surface area contributed by atoms with E-state index in [0.29, 0.717) is 0 Å². The van der Waals surface area contributed by atoms with Crippen molar-refractivity contribution in [2.24, 2.45) is 0 Å². The summed E-state index contributed by atoms with van der Waals surface area (Å²) in [5.41, 5.74) is 1.32. The van der Waals surface area contributed by atoms with Crippen molar-refractivity contribution >= 4 is 5.78 Å². The summed E-state index contributed by atoms with van der Waals surface area (Å²) in [6, 6.07) is 0. The molecule has 0 aromatic heterocycles. The SMILES string of the molecule is CCCC/C=C(\C=C/C(C)=O)CCCC. The van der Waals surface area contributed by atoms with Gasteiger partial charge in [-0.15, -0.1) is 0 Å². The predicted molar refractivity (Wildman–Crippen MR) is 67.0 cm³/mol. The van der Waals surface area contributed by atoms with Crippen LogP contribution < -0.4 is 0 Å². The summed E-state index contributed by atoms with van der Waals surface area (Å²) in [6.07, 6.45) is 13.1. The molecule has 0 N–H and O–H groups in total. The first-order valence-electron chi connectivity index (χ1n) is 6.08. The van der Waals surface area contributed by atoms with Crippen LogP contribution in [0.4, 0.5) is 0 Å². The lowest BCUT2D eigenvalue weighted by atomic mass is 10.1. The van der Waals surface area contributed by atoms with E-state index in [1.165, 1.54) is 31.3 Å². The minimum absolute atomic E-state index is 0.132. The highest BCUT2D eigenvalue weighted by Gasteiger charge is 1.93. The van der Waals surface area contributed by atoms with E-state index in [1.807, 2.05) is 6.08 Å². The fourth-order valence-corrected chi connectivity index (χ4v) is 1.35. The van der Waals surface area contributed by atoms with E-state index < -0.39 is 0 Å². The zero-order chi connectivity index (χ0) is 11.5. The Labute approximate surface area is 94.3 Å². The van der Waals surface area contributed by atoms with Gasteiger partial charge in [0.1, 0.15) is 0 Å². The minimum Gasteiger partial charge on any atom is -0.295 e.